The van der Waals surface area contributed by atoms with E-state index in [1.165, 1.54) is 16.2 Å². The highest BCUT2D eigenvalue weighted by Gasteiger charge is 2.24. The van der Waals surface area contributed by atoms with Gasteiger partial charge in [-0.2, -0.15) is 5.26 Å². The predicted octanol–water partition coefficient (Wildman–Crippen LogP) is 3.86. The number of aryl methyl sites for hydroxylation is 1. The third-order valence-corrected chi connectivity index (χ3v) is 5.87. The fraction of sp³-hybridized carbons (Fsp3) is 0.381. The van der Waals surface area contributed by atoms with Crippen molar-refractivity contribution in [1.29, 1.82) is 5.26 Å². The summed E-state index contributed by atoms with van der Waals surface area (Å²) >= 11 is 1.47. The number of ether oxygens (including phenoxy) is 1. The number of thiophene rings is 1. The lowest BCUT2D eigenvalue weighted by molar-refractivity contribution is -0.147. The Balaban J connectivity index is 1.51. The maximum Gasteiger partial charge on any atom is 0.306 e. The second kappa shape index (κ2) is 8.83. The molecule has 5 nitrogen and oxygen atoms in total. The molecule has 0 saturated heterocycles. The Kier molecular flexibility index (Phi) is 6.25. The number of hydrogen-bond acceptors (Lipinski definition) is 5. The van der Waals surface area contributed by atoms with E-state index in [0.29, 0.717) is 22.9 Å². The molecule has 1 aromatic carbocycles. The highest BCUT2D eigenvalue weighted by Crippen LogP contribution is 2.39. The SMILES string of the molecule is C[C@@H]1CCc2c(sc(NC(=O)COC(=O)CCc3ccccc3)c2C#N)C1. The van der Waals surface area contributed by atoms with E-state index in [2.05, 4.69) is 18.3 Å². The first-order valence-corrected chi connectivity index (χ1v) is 9.92. The van der Waals surface area contributed by atoms with Gasteiger partial charge in [0, 0.05) is 11.3 Å². The van der Waals surface area contributed by atoms with Crippen LogP contribution >= 0.6 is 11.3 Å². The summed E-state index contributed by atoms with van der Waals surface area (Å²) < 4.78 is 5.06. The molecular formula is C21H22N2O3S. The molecule has 1 heterocycles. The second-order valence-corrected chi connectivity index (χ2v) is 7.97. The van der Waals surface area contributed by atoms with Crippen LogP contribution in [0.4, 0.5) is 5.00 Å². The molecule has 1 N–H and O–H groups in total. The fourth-order valence-electron chi connectivity index (χ4n) is 3.23. The number of anilines is 1. The standard InChI is InChI=1S/C21H22N2O3S/c1-14-7-9-16-17(12-22)21(27-18(16)11-14)23-19(24)13-26-20(25)10-8-15-5-3-2-4-6-15/h2-6,14H,7-11,13H2,1H3,(H,23,24)/t14-/m1/s1. The smallest absolute Gasteiger partial charge is 0.306 e. The Labute approximate surface area is 163 Å². The van der Waals surface area contributed by atoms with Crippen LogP contribution in [0.15, 0.2) is 30.3 Å². The summed E-state index contributed by atoms with van der Waals surface area (Å²) in [6, 6.07) is 11.9. The largest absolute Gasteiger partial charge is 0.456 e. The van der Waals surface area contributed by atoms with Gasteiger partial charge in [0.15, 0.2) is 6.61 Å². The number of benzene rings is 1. The van der Waals surface area contributed by atoms with E-state index >= 15 is 0 Å². The molecule has 1 atom stereocenters. The van der Waals surface area contributed by atoms with Gasteiger partial charge in [-0.1, -0.05) is 37.3 Å². The first-order valence-electron chi connectivity index (χ1n) is 9.11. The number of nitrogens with zero attached hydrogens (tertiary/aromatic N) is 1. The molecule has 0 radical (unpaired) electrons. The Bertz CT molecular complexity index is 868. The van der Waals surface area contributed by atoms with Crippen molar-refractivity contribution in [3.8, 4) is 6.07 Å². The van der Waals surface area contributed by atoms with E-state index in [9.17, 15) is 14.9 Å². The third kappa shape index (κ3) is 4.95. The lowest BCUT2D eigenvalue weighted by atomic mass is 9.89. The molecule has 0 saturated carbocycles. The number of esters is 1. The van der Waals surface area contributed by atoms with E-state index < -0.39 is 11.9 Å². The average Bonchev–Trinajstić information content (AvgIpc) is 3.01. The van der Waals surface area contributed by atoms with E-state index in [0.717, 1.165) is 30.4 Å². The highest BCUT2D eigenvalue weighted by atomic mass is 32.1. The van der Waals surface area contributed by atoms with E-state index in [1.54, 1.807) is 0 Å². The number of fused-ring (bicyclic) bond motifs is 1. The van der Waals surface area contributed by atoms with Crippen LogP contribution < -0.4 is 5.32 Å². The van der Waals surface area contributed by atoms with Crippen LogP contribution in [0.3, 0.4) is 0 Å². The molecule has 0 fully saturated rings. The third-order valence-electron chi connectivity index (χ3n) is 4.70. The molecule has 6 heteroatoms. The van der Waals surface area contributed by atoms with Gasteiger partial charge >= 0.3 is 5.97 Å². The quantitative estimate of drug-likeness (QED) is 0.770. The van der Waals surface area contributed by atoms with Crippen molar-refractivity contribution in [3.63, 3.8) is 0 Å². The number of carbonyl (C=O) groups excluding carboxylic acids is 2. The molecule has 0 unspecified atom stereocenters. The predicted molar refractivity (Wildman–Crippen MR) is 105 cm³/mol. The average molecular weight is 382 g/mol. The van der Waals surface area contributed by atoms with Crippen LogP contribution in [-0.2, 0) is 33.6 Å². The van der Waals surface area contributed by atoms with Crippen molar-refractivity contribution in [1.82, 2.24) is 0 Å². The van der Waals surface area contributed by atoms with Crippen molar-refractivity contribution in [2.45, 2.75) is 39.0 Å². The molecule has 1 aliphatic carbocycles. The molecule has 1 aliphatic rings. The summed E-state index contributed by atoms with van der Waals surface area (Å²) in [5.41, 5.74) is 2.68. The van der Waals surface area contributed by atoms with Gasteiger partial charge in [-0.15, -0.1) is 11.3 Å². The van der Waals surface area contributed by atoms with E-state index in [4.69, 9.17) is 4.74 Å². The number of carbonyl (C=O) groups is 2. The molecule has 0 spiro atoms. The van der Waals surface area contributed by atoms with Crippen molar-refractivity contribution in [2.24, 2.45) is 5.92 Å². The zero-order valence-electron chi connectivity index (χ0n) is 15.3. The number of rotatable bonds is 6. The van der Waals surface area contributed by atoms with Gasteiger partial charge in [0.25, 0.3) is 5.91 Å². The molecular weight excluding hydrogens is 360 g/mol. The van der Waals surface area contributed by atoms with Crippen LogP contribution in [0.5, 0.6) is 0 Å². The number of amides is 1. The first kappa shape index (κ1) is 19.1. The lowest BCUT2D eigenvalue weighted by Gasteiger charge is -2.17. The Morgan fingerprint density at radius 2 is 2.11 bits per heavy atom. The molecule has 0 aliphatic heterocycles. The minimum atomic E-state index is -0.411. The summed E-state index contributed by atoms with van der Waals surface area (Å²) in [6.07, 6.45) is 3.69. The molecule has 3 rings (SSSR count). The van der Waals surface area contributed by atoms with Gasteiger partial charge in [0.05, 0.1) is 5.56 Å². The zero-order chi connectivity index (χ0) is 19.2. The Hall–Kier alpha value is -2.65. The van der Waals surface area contributed by atoms with Gasteiger partial charge < -0.3 is 10.1 Å². The lowest BCUT2D eigenvalue weighted by Crippen LogP contribution is -2.21. The number of hydrogen-bond donors (Lipinski definition) is 1. The molecule has 1 amide bonds. The summed E-state index contributed by atoms with van der Waals surface area (Å²) in [7, 11) is 0. The summed E-state index contributed by atoms with van der Waals surface area (Å²) in [5, 5.41) is 12.8. The van der Waals surface area contributed by atoms with Crippen molar-refractivity contribution < 1.29 is 14.3 Å². The van der Waals surface area contributed by atoms with Crippen LogP contribution in [0, 0.1) is 17.2 Å². The second-order valence-electron chi connectivity index (χ2n) is 6.86. The maximum atomic E-state index is 12.1. The minimum Gasteiger partial charge on any atom is -0.456 e. The minimum absolute atomic E-state index is 0.228. The van der Waals surface area contributed by atoms with Gasteiger partial charge in [-0.25, -0.2) is 0 Å². The first-order chi connectivity index (χ1) is 13.1. The summed E-state index contributed by atoms with van der Waals surface area (Å²) in [4.78, 5) is 25.2. The van der Waals surface area contributed by atoms with Crippen LogP contribution in [-0.4, -0.2) is 18.5 Å². The maximum absolute atomic E-state index is 12.1. The zero-order valence-corrected chi connectivity index (χ0v) is 16.1. The van der Waals surface area contributed by atoms with Crippen molar-refractivity contribution >= 4 is 28.2 Å². The molecule has 2 aromatic rings. The van der Waals surface area contributed by atoms with Crippen molar-refractivity contribution in [2.75, 3.05) is 11.9 Å². The van der Waals surface area contributed by atoms with E-state index in [-0.39, 0.29) is 13.0 Å². The molecule has 0 bridgehead atoms. The van der Waals surface area contributed by atoms with Crippen LogP contribution in [0.25, 0.3) is 0 Å². The fourth-order valence-corrected chi connectivity index (χ4v) is 4.61. The number of nitrogens with one attached hydrogen (secondary N) is 1. The van der Waals surface area contributed by atoms with Crippen LogP contribution in [0.2, 0.25) is 0 Å². The van der Waals surface area contributed by atoms with Gasteiger partial charge in [-0.05, 0) is 42.7 Å². The Morgan fingerprint density at radius 3 is 2.85 bits per heavy atom. The van der Waals surface area contributed by atoms with Gasteiger partial charge in [0.2, 0.25) is 0 Å². The topological polar surface area (TPSA) is 79.2 Å². The normalized spacial score (nSPS) is 15.5. The monoisotopic (exact) mass is 382 g/mol. The Morgan fingerprint density at radius 1 is 1.33 bits per heavy atom. The van der Waals surface area contributed by atoms with Gasteiger partial charge in [-0.3, -0.25) is 9.59 Å². The van der Waals surface area contributed by atoms with Crippen molar-refractivity contribution in [3.05, 3.63) is 51.9 Å². The molecule has 1 aromatic heterocycles. The molecule has 27 heavy (non-hydrogen) atoms. The summed E-state index contributed by atoms with van der Waals surface area (Å²) in [6.45, 7) is 1.86. The highest BCUT2D eigenvalue weighted by molar-refractivity contribution is 7.16. The van der Waals surface area contributed by atoms with Gasteiger partial charge in [0.1, 0.15) is 11.1 Å². The summed E-state index contributed by atoms with van der Waals surface area (Å²) in [5.74, 6) is -0.225. The van der Waals surface area contributed by atoms with E-state index in [1.807, 2.05) is 30.3 Å². The molecule has 140 valence electrons. The van der Waals surface area contributed by atoms with Crippen LogP contribution in [0.1, 0.15) is 41.3 Å². The number of nitriles is 1.